The number of thiazole rings is 1. The summed E-state index contributed by atoms with van der Waals surface area (Å²) < 4.78 is 13.2. The molecule has 2 fully saturated rings. The van der Waals surface area contributed by atoms with Gasteiger partial charge >= 0.3 is 0 Å². The lowest BCUT2D eigenvalue weighted by Gasteiger charge is -2.45. The Bertz CT molecular complexity index is 1120. The molecule has 0 saturated carbocycles. The molecule has 6 nitrogen and oxygen atoms in total. The topological polar surface area (TPSA) is 65.5 Å². The monoisotopic (exact) mass is 450 g/mol. The van der Waals surface area contributed by atoms with Crippen molar-refractivity contribution >= 4 is 23.2 Å². The minimum Gasteiger partial charge on any atom is -0.342 e. The van der Waals surface area contributed by atoms with Gasteiger partial charge in [-0.15, -0.1) is 11.3 Å². The largest absolute Gasteiger partial charge is 0.342 e. The molecule has 2 aliphatic heterocycles. The van der Waals surface area contributed by atoms with E-state index in [9.17, 15) is 14.0 Å². The van der Waals surface area contributed by atoms with Crippen molar-refractivity contribution in [2.75, 3.05) is 19.6 Å². The van der Waals surface area contributed by atoms with Crippen LogP contribution in [0.25, 0.3) is 11.3 Å². The van der Waals surface area contributed by atoms with E-state index >= 15 is 0 Å². The maximum Gasteiger partial charge on any atom is 0.246 e. The van der Waals surface area contributed by atoms with Gasteiger partial charge in [0.1, 0.15) is 22.9 Å². The standard InChI is InChI=1S/C24H23FN4O2S/c25-18-8-6-17(7-9-18)20-15-32-22(26-20)14-28-10-11-29-21(13-28)23(30)27-19(24(29)31)12-16-4-2-1-3-5-16/h1-9,15,19,21H,10-14H2,(H,27,30)/t19-,21-/m1/s1. The molecule has 32 heavy (non-hydrogen) atoms. The Kier molecular flexibility index (Phi) is 5.71. The van der Waals surface area contributed by atoms with Crippen molar-refractivity contribution in [3.05, 3.63) is 76.4 Å². The molecule has 2 saturated heterocycles. The Labute approximate surface area is 189 Å². The summed E-state index contributed by atoms with van der Waals surface area (Å²) in [5, 5.41) is 5.82. The van der Waals surface area contributed by atoms with Crippen molar-refractivity contribution in [1.82, 2.24) is 20.1 Å². The number of aromatic nitrogens is 1. The number of piperazine rings is 2. The van der Waals surface area contributed by atoms with E-state index < -0.39 is 12.1 Å². The van der Waals surface area contributed by atoms with E-state index in [0.29, 0.717) is 32.6 Å². The fourth-order valence-corrected chi connectivity index (χ4v) is 5.16. The van der Waals surface area contributed by atoms with E-state index in [1.807, 2.05) is 35.7 Å². The maximum atomic E-state index is 13.2. The van der Waals surface area contributed by atoms with Gasteiger partial charge in [-0.05, 0) is 29.8 Å². The van der Waals surface area contributed by atoms with Crippen LogP contribution in [-0.2, 0) is 22.6 Å². The van der Waals surface area contributed by atoms with Crippen LogP contribution in [0.3, 0.4) is 0 Å². The minimum absolute atomic E-state index is 0.00838. The molecule has 0 radical (unpaired) electrons. The summed E-state index contributed by atoms with van der Waals surface area (Å²) >= 11 is 1.55. The second-order valence-electron chi connectivity index (χ2n) is 8.17. The normalized spacial score (nSPS) is 21.3. The van der Waals surface area contributed by atoms with E-state index in [4.69, 9.17) is 0 Å². The molecule has 3 aromatic rings. The van der Waals surface area contributed by atoms with Gasteiger partial charge < -0.3 is 10.2 Å². The summed E-state index contributed by atoms with van der Waals surface area (Å²) in [5.41, 5.74) is 2.72. The summed E-state index contributed by atoms with van der Waals surface area (Å²) in [4.78, 5) is 34.4. The fraction of sp³-hybridized carbons (Fsp3) is 0.292. The SMILES string of the molecule is O=C1N[C@H](Cc2ccccc2)C(=O)N2CCN(Cc3nc(-c4ccc(F)cc4)cs3)C[C@H]12. The van der Waals surface area contributed by atoms with Crippen molar-refractivity contribution < 1.29 is 14.0 Å². The highest BCUT2D eigenvalue weighted by atomic mass is 32.1. The average Bonchev–Trinajstić information content (AvgIpc) is 3.27. The highest BCUT2D eigenvalue weighted by molar-refractivity contribution is 7.09. The van der Waals surface area contributed by atoms with E-state index in [0.717, 1.165) is 21.8 Å². The van der Waals surface area contributed by atoms with Gasteiger partial charge in [0.2, 0.25) is 11.8 Å². The Morgan fingerprint density at radius 2 is 1.84 bits per heavy atom. The summed E-state index contributed by atoms with van der Waals surface area (Å²) in [6.45, 7) is 2.32. The van der Waals surface area contributed by atoms with Gasteiger partial charge in [-0.1, -0.05) is 30.3 Å². The Hall–Kier alpha value is -3.10. The lowest BCUT2D eigenvalue weighted by Crippen LogP contribution is -2.69. The van der Waals surface area contributed by atoms with Crippen LogP contribution in [0.15, 0.2) is 60.0 Å². The van der Waals surface area contributed by atoms with E-state index in [1.54, 1.807) is 28.4 Å². The van der Waals surface area contributed by atoms with Crippen molar-refractivity contribution in [2.45, 2.75) is 25.0 Å². The average molecular weight is 451 g/mol. The molecule has 2 aromatic carbocycles. The number of nitrogens with zero attached hydrogens (tertiary/aromatic N) is 3. The van der Waals surface area contributed by atoms with Crippen molar-refractivity contribution in [3.8, 4) is 11.3 Å². The third-order valence-electron chi connectivity index (χ3n) is 6.00. The number of amides is 2. The number of fused-ring (bicyclic) bond motifs is 1. The van der Waals surface area contributed by atoms with Crippen LogP contribution in [0.2, 0.25) is 0 Å². The van der Waals surface area contributed by atoms with E-state index in [2.05, 4.69) is 15.2 Å². The van der Waals surface area contributed by atoms with Gasteiger partial charge in [0.15, 0.2) is 0 Å². The van der Waals surface area contributed by atoms with Crippen molar-refractivity contribution in [1.29, 1.82) is 0 Å². The molecule has 2 atom stereocenters. The molecule has 0 bridgehead atoms. The summed E-state index contributed by atoms with van der Waals surface area (Å²) in [6.07, 6.45) is 0.504. The first-order chi connectivity index (χ1) is 15.6. The second kappa shape index (κ2) is 8.80. The lowest BCUT2D eigenvalue weighted by atomic mass is 9.98. The molecule has 0 spiro atoms. The first-order valence-corrected chi connectivity index (χ1v) is 11.5. The van der Waals surface area contributed by atoms with Gasteiger partial charge in [-0.2, -0.15) is 0 Å². The molecule has 0 unspecified atom stereocenters. The van der Waals surface area contributed by atoms with Crippen LogP contribution in [0.1, 0.15) is 10.6 Å². The minimum atomic E-state index is -0.509. The molecular formula is C24H23FN4O2S. The quantitative estimate of drug-likeness (QED) is 0.649. The van der Waals surface area contributed by atoms with Crippen LogP contribution in [0, 0.1) is 5.82 Å². The van der Waals surface area contributed by atoms with Gasteiger partial charge in [-0.25, -0.2) is 9.37 Å². The molecule has 2 amide bonds. The smallest absolute Gasteiger partial charge is 0.246 e. The fourth-order valence-electron chi connectivity index (χ4n) is 4.32. The van der Waals surface area contributed by atoms with Crippen LogP contribution in [-0.4, -0.2) is 58.3 Å². The maximum absolute atomic E-state index is 13.2. The number of hydrogen-bond donors (Lipinski definition) is 1. The lowest BCUT2D eigenvalue weighted by molar-refractivity contribution is -0.153. The van der Waals surface area contributed by atoms with Crippen LogP contribution in [0.5, 0.6) is 0 Å². The zero-order valence-electron chi connectivity index (χ0n) is 17.4. The van der Waals surface area contributed by atoms with Crippen LogP contribution >= 0.6 is 11.3 Å². The Morgan fingerprint density at radius 3 is 2.62 bits per heavy atom. The van der Waals surface area contributed by atoms with Crippen molar-refractivity contribution in [3.63, 3.8) is 0 Å². The van der Waals surface area contributed by atoms with Crippen LogP contribution < -0.4 is 5.32 Å². The van der Waals surface area contributed by atoms with E-state index in [1.165, 1.54) is 12.1 Å². The number of rotatable bonds is 5. The molecule has 3 heterocycles. The Morgan fingerprint density at radius 1 is 1.06 bits per heavy atom. The Balaban J connectivity index is 1.22. The summed E-state index contributed by atoms with van der Waals surface area (Å²) in [6, 6.07) is 15.1. The number of nitrogens with one attached hydrogen (secondary N) is 1. The molecule has 8 heteroatoms. The van der Waals surface area contributed by atoms with Gasteiger partial charge in [0.05, 0.1) is 12.2 Å². The third-order valence-corrected chi connectivity index (χ3v) is 6.83. The zero-order valence-corrected chi connectivity index (χ0v) is 18.2. The molecule has 2 aliphatic rings. The van der Waals surface area contributed by atoms with Crippen LogP contribution in [0.4, 0.5) is 4.39 Å². The summed E-state index contributed by atoms with van der Waals surface area (Å²) in [5.74, 6) is -0.374. The summed E-state index contributed by atoms with van der Waals surface area (Å²) in [7, 11) is 0. The second-order valence-corrected chi connectivity index (χ2v) is 9.11. The number of hydrogen-bond acceptors (Lipinski definition) is 5. The van der Waals surface area contributed by atoms with Gasteiger partial charge in [0, 0.05) is 37.0 Å². The number of halogens is 1. The first kappa shape index (κ1) is 20.8. The van der Waals surface area contributed by atoms with Crippen molar-refractivity contribution in [2.24, 2.45) is 0 Å². The molecule has 1 N–H and O–H groups in total. The molecule has 5 rings (SSSR count). The first-order valence-electron chi connectivity index (χ1n) is 10.6. The zero-order chi connectivity index (χ0) is 22.1. The number of carbonyl (C=O) groups is 2. The number of carbonyl (C=O) groups excluding carboxylic acids is 2. The molecular weight excluding hydrogens is 427 g/mol. The molecule has 0 aliphatic carbocycles. The molecule has 164 valence electrons. The van der Waals surface area contributed by atoms with E-state index in [-0.39, 0.29) is 17.6 Å². The van der Waals surface area contributed by atoms with Gasteiger partial charge in [0.25, 0.3) is 0 Å². The predicted molar refractivity (Wildman–Crippen MR) is 120 cm³/mol. The number of benzene rings is 2. The molecule has 1 aromatic heterocycles. The van der Waals surface area contributed by atoms with Gasteiger partial charge in [-0.3, -0.25) is 14.5 Å². The third kappa shape index (κ3) is 4.28. The highest BCUT2D eigenvalue weighted by Gasteiger charge is 2.43. The highest BCUT2D eigenvalue weighted by Crippen LogP contribution is 2.25. The predicted octanol–water partition coefficient (Wildman–Crippen LogP) is 2.70.